The number of ether oxygens (including phenoxy) is 1. The summed E-state index contributed by atoms with van der Waals surface area (Å²) in [6.07, 6.45) is 0.981. The summed E-state index contributed by atoms with van der Waals surface area (Å²) < 4.78 is 6.97. The van der Waals surface area contributed by atoms with Crippen molar-refractivity contribution in [3.63, 3.8) is 0 Å². The molecule has 2 rings (SSSR count). The predicted octanol–water partition coefficient (Wildman–Crippen LogP) is 2.15. The van der Waals surface area contributed by atoms with E-state index in [9.17, 15) is 5.11 Å². The molecule has 0 saturated carbocycles. The summed E-state index contributed by atoms with van der Waals surface area (Å²) in [4.78, 5) is 4.44. The molecule has 0 amide bonds. The quantitative estimate of drug-likeness (QED) is 0.877. The number of aryl methyl sites for hydroxylation is 2. The van der Waals surface area contributed by atoms with Crippen molar-refractivity contribution >= 4 is 0 Å². The number of aliphatic hydroxyl groups excluding tert-OH is 1. The number of rotatable bonds is 6. The highest BCUT2D eigenvalue weighted by atomic mass is 16.5. The molecule has 0 aliphatic rings. The van der Waals surface area contributed by atoms with Crippen molar-refractivity contribution in [3.8, 4) is 5.75 Å². The predicted molar refractivity (Wildman–Crippen MR) is 76.7 cm³/mol. The van der Waals surface area contributed by atoms with Gasteiger partial charge in [-0.15, -0.1) is 0 Å². The highest BCUT2D eigenvalue weighted by Crippen LogP contribution is 2.20. The number of aromatic nitrogens is 3. The van der Waals surface area contributed by atoms with E-state index in [1.165, 1.54) is 0 Å². The van der Waals surface area contributed by atoms with Gasteiger partial charge in [-0.05, 0) is 17.7 Å². The van der Waals surface area contributed by atoms with Gasteiger partial charge >= 0.3 is 0 Å². The van der Waals surface area contributed by atoms with Gasteiger partial charge in [0.2, 0.25) is 0 Å². The zero-order valence-electron chi connectivity index (χ0n) is 12.2. The van der Waals surface area contributed by atoms with Gasteiger partial charge in [0.1, 0.15) is 11.6 Å². The SMILES string of the molecule is CCc1nc(CC)n(CC(O)c2cccc(OC)c2)n1. The van der Waals surface area contributed by atoms with Crippen LogP contribution >= 0.6 is 0 Å². The van der Waals surface area contributed by atoms with E-state index >= 15 is 0 Å². The summed E-state index contributed by atoms with van der Waals surface area (Å²) >= 11 is 0. The third-order valence-corrected chi connectivity index (χ3v) is 3.25. The molecule has 5 nitrogen and oxygen atoms in total. The van der Waals surface area contributed by atoms with Gasteiger partial charge < -0.3 is 9.84 Å². The topological polar surface area (TPSA) is 60.2 Å². The van der Waals surface area contributed by atoms with Gasteiger partial charge in [-0.1, -0.05) is 26.0 Å². The monoisotopic (exact) mass is 275 g/mol. The second-order valence-corrected chi connectivity index (χ2v) is 4.63. The van der Waals surface area contributed by atoms with Crippen molar-refractivity contribution in [1.82, 2.24) is 14.8 Å². The molecule has 0 radical (unpaired) electrons. The minimum atomic E-state index is -0.623. The highest BCUT2D eigenvalue weighted by Gasteiger charge is 2.14. The molecule has 2 aromatic rings. The van der Waals surface area contributed by atoms with Crippen LogP contribution in [0.1, 0.15) is 37.2 Å². The lowest BCUT2D eigenvalue weighted by Crippen LogP contribution is -2.13. The largest absolute Gasteiger partial charge is 0.497 e. The fourth-order valence-corrected chi connectivity index (χ4v) is 2.10. The zero-order chi connectivity index (χ0) is 14.5. The third-order valence-electron chi connectivity index (χ3n) is 3.25. The Labute approximate surface area is 119 Å². The molecular formula is C15H21N3O2. The molecule has 5 heteroatoms. The van der Waals surface area contributed by atoms with Crippen molar-refractivity contribution in [3.05, 3.63) is 41.5 Å². The first kappa shape index (κ1) is 14.5. The maximum atomic E-state index is 10.4. The summed E-state index contributed by atoms with van der Waals surface area (Å²) in [5, 5.41) is 14.8. The molecule has 0 saturated heterocycles. The lowest BCUT2D eigenvalue weighted by molar-refractivity contribution is 0.149. The van der Waals surface area contributed by atoms with Crippen LogP contribution in [0.3, 0.4) is 0 Å². The van der Waals surface area contributed by atoms with Crippen molar-refractivity contribution in [1.29, 1.82) is 0 Å². The van der Waals surface area contributed by atoms with E-state index in [0.29, 0.717) is 6.54 Å². The Kier molecular flexibility index (Phi) is 4.74. The molecule has 0 fully saturated rings. The smallest absolute Gasteiger partial charge is 0.150 e. The summed E-state index contributed by atoms with van der Waals surface area (Å²) in [5.74, 6) is 2.47. The van der Waals surface area contributed by atoms with Crippen LogP contribution in [0.2, 0.25) is 0 Å². The number of hydrogen-bond donors (Lipinski definition) is 1. The lowest BCUT2D eigenvalue weighted by Gasteiger charge is -2.13. The molecule has 1 unspecified atom stereocenters. The lowest BCUT2D eigenvalue weighted by atomic mass is 10.1. The van der Waals surface area contributed by atoms with Crippen LogP contribution in [0.5, 0.6) is 5.75 Å². The second-order valence-electron chi connectivity index (χ2n) is 4.63. The average molecular weight is 275 g/mol. The Morgan fingerprint density at radius 3 is 2.75 bits per heavy atom. The molecule has 0 bridgehead atoms. The van der Waals surface area contributed by atoms with Gasteiger partial charge in [0.05, 0.1) is 19.8 Å². The molecule has 0 aliphatic carbocycles. The summed E-state index contributed by atoms with van der Waals surface area (Å²) in [5.41, 5.74) is 0.819. The van der Waals surface area contributed by atoms with E-state index in [1.54, 1.807) is 11.8 Å². The first-order valence-corrected chi connectivity index (χ1v) is 6.92. The first-order chi connectivity index (χ1) is 9.67. The van der Waals surface area contributed by atoms with E-state index < -0.39 is 6.10 Å². The van der Waals surface area contributed by atoms with Gasteiger partial charge in [0.15, 0.2) is 5.82 Å². The van der Waals surface area contributed by atoms with E-state index in [1.807, 2.05) is 38.1 Å². The molecule has 108 valence electrons. The fourth-order valence-electron chi connectivity index (χ4n) is 2.10. The van der Waals surface area contributed by atoms with Gasteiger partial charge in [0, 0.05) is 12.8 Å². The van der Waals surface area contributed by atoms with Crippen LogP contribution in [0, 0.1) is 0 Å². The first-order valence-electron chi connectivity index (χ1n) is 6.92. The Bertz CT molecular complexity index is 566. The number of aliphatic hydroxyl groups is 1. The normalized spacial score (nSPS) is 12.4. The van der Waals surface area contributed by atoms with Crippen LogP contribution in [0.25, 0.3) is 0 Å². The van der Waals surface area contributed by atoms with Crippen LogP contribution in [0.4, 0.5) is 0 Å². The van der Waals surface area contributed by atoms with Crippen LogP contribution in [-0.2, 0) is 19.4 Å². The summed E-state index contributed by atoms with van der Waals surface area (Å²) in [7, 11) is 1.62. The second kappa shape index (κ2) is 6.52. The number of benzene rings is 1. The molecule has 1 N–H and O–H groups in total. The van der Waals surface area contributed by atoms with Crippen molar-refractivity contribution in [2.75, 3.05) is 7.11 Å². The summed E-state index contributed by atoms with van der Waals surface area (Å²) in [6.45, 7) is 4.47. The Balaban J connectivity index is 2.18. The van der Waals surface area contributed by atoms with E-state index in [-0.39, 0.29) is 0 Å². The molecule has 0 spiro atoms. The maximum absolute atomic E-state index is 10.4. The van der Waals surface area contributed by atoms with Crippen molar-refractivity contribution in [2.24, 2.45) is 0 Å². The van der Waals surface area contributed by atoms with Crippen molar-refractivity contribution < 1.29 is 9.84 Å². The Morgan fingerprint density at radius 2 is 2.10 bits per heavy atom. The number of methoxy groups -OCH3 is 1. The maximum Gasteiger partial charge on any atom is 0.150 e. The number of hydrogen-bond acceptors (Lipinski definition) is 4. The molecule has 1 heterocycles. The van der Waals surface area contributed by atoms with Crippen LogP contribution < -0.4 is 4.74 Å². The van der Waals surface area contributed by atoms with Gasteiger partial charge in [-0.3, -0.25) is 0 Å². The van der Waals surface area contributed by atoms with E-state index in [2.05, 4.69) is 10.1 Å². The van der Waals surface area contributed by atoms with E-state index in [0.717, 1.165) is 35.8 Å². The molecule has 1 atom stereocenters. The third kappa shape index (κ3) is 3.17. The van der Waals surface area contributed by atoms with E-state index in [4.69, 9.17) is 4.74 Å². The van der Waals surface area contributed by atoms with Crippen LogP contribution in [0.15, 0.2) is 24.3 Å². The minimum absolute atomic E-state index is 0.406. The van der Waals surface area contributed by atoms with Gasteiger partial charge in [-0.2, -0.15) is 5.10 Å². The Hall–Kier alpha value is -1.88. The standard InChI is InChI=1S/C15H21N3O2/c1-4-14-16-15(5-2)18(17-14)10-13(19)11-7-6-8-12(9-11)20-3/h6-9,13,19H,4-5,10H2,1-3H3. The fraction of sp³-hybridized carbons (Fsp3) is 0.467. The van der Waals surface area contributed by atoms with Gasteiger partial charge in [-0.25, -0.2) is 9.67 Å². The Morgan fingerprint density at radius 1 is 1.30 bits per heavy atom. The molecule has 20 heavy (non-hydrogen) atoms. The molecule has 0 aliphatic heterocycles. The number of nitrogens with zero attached hydrogens (tertiary/aromatic N) is 3. The zero-order valence-corrected chi connectivity index (χ0v) is 12.2. The minimum Gasteiger partial charge on any atom is -0.497 e. The molecule has 1 aromatic carbocycles. The van der Waals surface area contributed by atoms with Crippen LogP contribution in [-0.4, -0.2) is 27.0 Å². The molecule has 1 aromatic heterocycles. The molecular weight excluding hydrogens is 254 g/mol. The average Bonchev–Trinajstić information content (AvgIpc) is 2.89. The van der Waals surface area contributed by atoms with Crippen molar-refractivity contribution in [2.45, 2.75) is 39.3 Å². The summed E-state index contributed by atoms with van der Waals surface area (Å²) in [6, 6.07) is 7.46. The van der Waals surface area contributed by atoms with Gasteiger partial charge in [0.25, 0.3) is 0 Å². The highest BCUT2D eigenvalue weighted by molar-refractivity contribution is 5.29.